The highest BCUT2D eigenvalue weighted by atomic mass is 28.4. The number of carbonyl (C=O) groups excluding carboxylic acids is 1. The summed E-state index contributed by atoms with van der Waals surface area (Å²) in [6.07, 6.45) is -0.814. The summed E-state index contributed by atoms with van der Waals surface area (Å²) in [5, 5.41) is 3.98. The highest BCUT2D eigenvalue weighted by molar-refractivity contribution is 6.74. The van der Waals surface area contributed by atoms with Gasteiger partial charge in [-0.1, -0.05) is 25.9 Å². The molecule has 0 amide bonds. The zero-order valence-corrected chi connectivity index (χ0v) is 16.8. The topological polar surface area (TPSA) is 70.8 Å². The van der Waals surface area contributed by atoms with Crippen molar-refractivity contribution in [3.05, 3.63) is 30.0 Å². The first-order valence-electron chi connectivity index (χ1n) is 8.06. The predicted octanol–water partition coefficient (Wildman–Crippen LogP) is 5.18. The summed E-state index contributed by atoms with van der Waals surface area (Å²) < 4.78 is 21.2. The summed E-state index contributed by atoms with van der Waals surface area (Å²) in [6, 6.07) is 7.48. The number of aromatic nitrogens is 1. The van der Waals surface area contributed by atoms with E-state index in [1.807, 2.05) is 24.3 Å². The van der Waals surface area contributed by atoms with Crippen LogP contribution in [0.15, 0.2) is 28.8 Å². The van der Waals surface area contributed by atoms with Crippen LogP contribution in [0.1, 0.15) is 26.5 Å². The maximum Gasteiger partial charge on any atom is 0.513 e. The average molecular weight is 363 g/mol. The molecule has 0 aliphatic rings. The third kappa shape index (κ3) is 4.22. The highest BCUT2D eigenvalue weighted by Gasteiger charge is 2.38. The minimum absolute atomic E-state index is 0.120. The van der Waals surface area contributed by atoms with Gasteiger partial charge in [-0.3, -0.25) is 0 Å². The monoisotopic (exact) mass is 363 g/mol. The third-order valence-corrected chi connectivity index (χ3v) is 8.81. The molecule has 1 heterocycles. The van der Waals surface area contributed by atoms with Gasteiger partial charge in [0.15, 0.2) is 0 Å². The van der Waals surface area contributed by atoms with Crippen LogP contribution in [0.3, 0.4) is 0 Å². The average Bonchev–Trinajstić information content (AvgIpc) is 2.87. The molecular weight excluding hydrogens is 338 g/mol. The molecule has 0 unspecified atom stereocenters. The number of methoxy groups -OCH3 is 1. The summed E-state index contributed by atoms with van der Waals surface area (Å²) >= 11 is 0. The van der Waals surface area contributed by atoms with Gasteiger partial charge >= 0.3 is 6.16 Å². The number of nitrogens with zero attached hydrogens (tertiary/aromatic N) is 1. The van der Waals surface area contributed by atoms with Gasteiger partial charge in [-0.2, -0.15) is 0 Å². The fraction of sp³-hybridized carbons (Fsp3) is 0.444. The quantitative estimate of drug-likeness (QED) is 0.550. The standard InChI is InChI=1S/C18H25NO5Si/c1-12-15(22-17(20)21-5)16(23-19-12)13-8-10-14(11-9-13)24-25(6,7)18(2,3)4/h8-11H,1-7H3. The Balaban J connectivity index is 2.25. The molecule has 0 N–H and O–H groups in total. The van der Waals surface area contributed by atoms with Crippen molar-refractivity contribution >= 4 is 14.5 Å². The first kappa shape index (κ1) is 19.0. The number of hydrogen-bond donors (Lipinski definition) is 0. The lowest BCUT2D eigenvalue weighted by atomic mass is 10.1. The fourth-order valence-electron chi connectivity index (χ4n) is 1.91. The van der Waals surface area contributed by atoms with Crippen LogP contribution in [0, 0.1) is 6.92 Å². The molecule has 6 nitrogen and oxygen atoms in total. The number of carbonyl (C=O) groups is 1. The van der Waals surface area contributed by atoms with Crippen molar-refractivity contribution in [2.24, 2.45) is 0 Å². The number of hydrogen-bond acceptors (Lipinski definition) is 6. The Morgan fingerprint density at radius 2 is 1.76 bits per heavy atom. The van der Waals surface area contributed by atoms with E-state index in [1.54, 1.807) is 6.92 Å². The van der Waals surface area contributed by atoms with E-state index in [0.717, 1.165) is 11.3 Å². The molecule has 0 aliphatic carbocycles. The van der Waals surface area contributed by atoms with Crippen molar-refractivity contribution in [1.29, 1.82) is 0 Å². The number of aryl methyl sites for hydroxylation is 1. The van der Waals surface area contributed by atoms with Gasteiger partial charge in [-0.05, 0) is 49.3 Å². The molecule has 136 valence electrons. The Labute approximate surface area is 149 Å². The largest absolute Gasteiger partial charge is 0.544 e. The molecular formula is C18H25NO5Si. The van der Waals surface area contributed by atoms with Crippen LogP contribution in [0.25, 0.3) is 11.3 Å². The van der Waals surface area contributed by atoms with Crippen LogP contribution < -0.4 is 9.16 Å². The molecule has 2 rings (SSSR count). The van der Waals surface area contributed by atoms with Crippen molar-refractivity contribution in [2.45, 2.75) is 45.8 Å². The SMILES string of the molecule is COC(=O)Oc1c(C)noc1-c1ccc(O[Si](C)(C)C(C)(C)C)cc1. The normalized spacial score (nSPS) is 12.0. The molecule has 25 heavy (non-hydrogen) atoms. The molecule has 1 aromatic heterocycles. The Bertz CT molecular complexity index is 744. The summed E-state index contributed by atoms with van der Waals surface area (Å²) in [5.41, 5.74) is 1.21. The van der Waals surface area contributed by atoms with Gasteiger partial charge in [0.05, 0.1) is 7.11 Å². The lowest BCUT2D eigenvalue weighted by Crippen LogP contribution is -2.43. The van der Waals surface area contributed by atoms with Crippen LogP contribution in [-0.2, 0) is 4.74 Å². The van der Waals surface area contributed by atoms with Crippen molar-refractivity contribution in [2.75, 3.05) is 7.11 Å². The highest BCUT2D eigenvalue weighted by Crippen LogP contribution is 2.38. The maximum atomic E-state index is 11.4. The molecule has 0 saturated heterocycles. The minimum Gasteiger partial charge on any atom is -0.544 e. The molecule has 0 bridgehead atoms. The van der Waals surface area contributed by atoms with E-state index < -0.39 is 14.5 Å². The zero-order valence-electron chi connectivity index (χ0n) is 15.8. The maximum absolute atomic E-state index is 11.4. The summed E-state index contributed by atoms with van der Waals surface area (Å²) in [5.74, 6) is 1.44. The lowest BCUT2D eigenvalue weighted by molar-refractivity contribution is 0.121. The van der Waals surface area contributed by atoms with Crippen LogP contribution >= 0.6 is 0 Å². The second kappa shape index (κ2) is 6.91. The molecule has 0 saturated carbocycles. The van der Waals surface area contributed by atoms with Crippen molar-refractivity contribution in [1.82, 2.24) is 5.16 Å². The second-order valence-corrected chi connectivity index (χ2v) is 12.1. The number of rotatable bonds is 4. The van der Waals surface area contributed by atoms with E-state index in [4.69, 9.17) is 13.7 Å². The van der Waals surface area contributed by atoms with E-state index in [0.29, 0.717) is 11.5 Å². The molecule has 1 aromatic carbocycles. The van der Waals surface area contributed by atoms with E-state index >= 15 is 0 Å². The smallest absolute Gasteiger partial charge is 0.513 e. The van der Waals surface area contributed by atoms with Crippen molar-refractivity contribution in [3.8, 4) is 22.8 Å². The van der Waals surface area contributed by atoms with Crippen LogP contribution in [-0.4, -0.2) is 26.7 Å². The summed E-state index contributed by atoms with van der Waals surface area (Å²) in [6.45, 7) is 12.7. The molecule has 2 aromatic rings. The lowest BCUT2D eigenvalue weighted by Gasteiger charge is -2.36. The Morgan fingerprint density at radius 3 is 2.28 bits per heavy atom. The van der Waals surface area contributed by atoms with Gasteiger partial charge in [-0.15, -0.1) is 0 Å². The molecule has 0 atom stereocenters. The van der Waals surface area contributed by atoms with Gasteiger partial charge < -0.3 is 18.4 Å². The minimum atomic E-state index is -1.90. The Morgan fingerprint density at radius 1 is 1.16 bits per heavy atom. The first-order valence-corrected chi connectivity index (χ1v) is 11.0. The number of benzene rings is 1. The van der Waals surface area contributed by atoms with Gasteiger partial charge in [-0.25, -0.2) is 4.79 Å². The first-order chi connectivity index (χ1) is 11.5. The molecule has 7 heteroatoms. The summed E-state index contributed by atoms with van der Waals surface area (Å²) in [4.78, 5) is 11.4. The second-order valence-electron chi connectivity index (χ2n) is 7.37. The number of ether oxygens (including phenoxy) is 2. The van der Waals surface area contributed by atoms with Gasteiger partial charge in [0.25, 0.3) is 0 Å². The molecule has 0 fully saturated rings. The predicted molar refractivity (Wildman–Crippen MR) is 97.5 cm³/mol. The zero-order chi connectivity index (χ0) is 18.8. The molecule has 0 aliphatic heterocycles. The van der Waals surface area contributed by atoms with Gasteiger partial charge in [0.1, 0.15) is 11.4 Å². The Hall–Kier alpha value is -2.28. The Kier molecular flexibility index (Phi) is 5.27. The van der Waals surface area contributed by atoms with Crippen LogP contribution in [0.4, 0.5) is 4.79 Å². The van der Waals surface area contributed by atoms with Crippen LogP contribution in [0.5, 0.6) is 11.5 Å². The third-order valence-electron chi connectivity index (χ3n) is 4.46. The van der Waals surface area contributed by atoms with Gasteiger partial charge in [0.2, 0.25) is 19.8 Å². The summed E-state index contributed by atoms with van der Waals surface area (Å²) in [7, 11) is -0.650. The van der Waals surface area contributed by atoms with Crippen molar-refractivity contribution < 1.29 is 23.2 Å². The fourth-order valence-corrected chi connectivity index (χ4v) is 2.94. The van der Waals surface area contributed by atoms with Crippen molar-refractivity contribution in [3.63, 3.8) is 0 Å². The van der Waals surface area contributed by atoms with Gasteiger partial charge in [0, 0.05) is 5.56 Å². The van der Waals surface area contributed by atoms with E-state index in [-0.39, 0.29) is 10.8 Å². The molecule has 0 spiro atoms. The van der Waals surface area contributed by atoms with Crippen LogP contribution in [0.2, 0.25) is 18.1 Å². The van der Waals surface area contributed by atoms with E-state index in [1.165, 1.54) is 7.11 Å². The van der Waals surface area contributed by atoms with E-state index in [9.17, 15) is 4.79 Å². The van der Waals surface area contributed by atoms with E-state index in [2.05, 4.69) is 43.8 Å². The molecule has 0 radical (unpaired) electrons.